The maximum atomic E-state index is 6.19. The highest BCUT2D eigenvalue weighted by atomic mass is 35.5. The monoisotopic (exact) mass is 296 g/mol. The largest absolute Gasteiger partial charge is 0.380 e. The molecule has 0 atom stereocenters. The highest BCUT2D eigenvalue weighted by molar-refractivity contribution is 6.35. The van der Waals surface area contributed by atoms with Crippen LogP contribution in [0.5, 0.6) is 0 Å². The summed E-state index contributed by atoms with van der Waals surface area (Å²) < 4.78 is 0. The number of hydrogen-bond acceptors (Lipinski definition) is 2. The van der Waals surface area contributed by atoms with Crippen molar-refractivity contribution in [1.29, 1.82) is 0 Å². The van der Waals surface area contributed by atoms with Crippen LogP contribution in [0.15, 0.2) is 54.7 Å². The first-order valence-electron chi connectivity index (χ1n) is 7.13. The van der Waals surface area contributed by atoms with E-state index in [0.717, 1.165) is 29.6 Å². The first-order chi connectivity index (χ1) is 10.3. The van der Waals surface area contributed by atoms with Gasteiger partial charge in [0.1, 0.15) is 0 Å². The second kappa shape index (κ2) is 6.15. The lowest BCUT2D eigenvalue weighted by Gasteiger charge is -2.10. The third-order valence-electron chi connectivity index (χ3n) is 3.63. The van der Waals surface area contributed by atoms with Gasteiger partial charge in [-0.1, -0.05) is 42.8 Å². The van der Waals surface area contributed by atoms with Gasteiger partial charge in [0.25, 0.3) is 0 Å². The van der Waals surface area contributed by atoms with Crippen molar-refractivity contribution in [3.8, 4) is 0 Å². The van der Waals surface area contributed by atoms with Gasteiger partial charge < -0.3 is 5.32 Å². The van der Waals surface area contributed by atoms with Crippen LogP contribution in [-0.2, 0) is 13.0 Å². The van der Waals surface area contributed by atoms with E-state index in [4.69, 9.17) is 11.6 Å². The lowest BCUT2D eigenvalue weighted by Crippen LogP contribution is -2.00. The molecule has 3 rings (SSSR count). The molecule has 0 saturated heterocycles. The minimum atomic E-state index is 0.684. The zero-order valence-electron chi connectivity index (χ0n) is 11.9. The second-order valence-corrected chi connectivity index (χ2v) is 5.43. The van der Waals surface area contributed by atoms with E-state index in [1.165, 1.54) is 11.1 Å². The summed E-state index contributed by atoms with van der Waals surface area (Å²) in [5.74, 6) is 0. The van der Waals surface area contributed by atoms with Crippen molar-refractivity contribution >= 4 is 28.2 Å². The zero-order valence-corrected chi connectivity index (χ0v) is 12.7. The molecule has 1 heterocycles. The summed E-state index contributed by atoms with van der Waals surface area (Å²) in [6, 6.07) is 16.6. The van der Waals surface area contributed by atoms with Crippen LogP contribution in [0.2, 0.25) is 5.02 Å². The molecule has 2 nitrogen and oxygen atoms in total. The Labute approximate surface area is 129 Å². The standard InChI is InChI=1S/C18H17ClN2/c1-2-13-5-7-14(8-6-13)12-21-17-10-9-16(19)18-15(17)4-3-11-20-18/h3-11,21H,2,12H2,1H3. The third kappa shape index (κ3) is 3.01. The predicted octanol–water partition coefficient (Wildman–Crippen LogP) is 5.06. The molecule has 1 N–H and O–H groups in total. The van der Waals surface area contributed by atoms with E-state index >= 15 is 0 Å². The van der Waals surface area contributed by atoms with Gasteiger partial charge in [0, 0.05) is 23.8 Å². The summed E-state index contributed by atoms with van der Waals surface area (Å²) in [5.41, 5.74) is 4.52. The lowest BCUT2D eigenvalue weighted by atomic mass is 10.1. The van der Waals surface area contributed by atoms with Crippen molar-refractivity contribution in [1.82, 2.24) is 4.98 Å². The Balaban J connectivity index is 1.83. The normalized spacial score (nSPS) is 10.8. The molecule has 0 fully saturated rings. The Morgan fingerprint density at radius 3 is 2.52 bits per heavy atom. The fraction of sp³-hybridized carbons (Fsp3) is 0.167. The fourth-order valence-corrected chi connectivity index (χ4v) is 2.60. The molecule has 0 aliphatic heterocycles. The van der Waals surface area contributed by atoms with Crippen LogP contribution in [0.3, 0.4) is 0 Å². The van der Waals surface area contributed by atoms with Gasteiger partial charge in [-0.2, -0.15) is 0 Å². The molecule has 0 unspecified atom stereocenters. The van der Waals surface area contributed by atoms with Crippen LogP contribution in [0.4, 0.5) is 5.69 Å². The van der Waals surface area contributed by atoms with E-state index in [1.54, 1.807) is 6.20 Å². The molecule has 3 heteroatoms. The van der Waals surface area contributed by atoms with E-state index in [9.17, 15) is 0 Å². The van der Waals surface area contributed by atoms with Gasteiger partial charge in [0.05, 0.1) is 10.5 Å². The van der Waals surface area contributed by atoms with Gasteiger partial charge in [-0.05, 0) is 41.8 Å². The van der Waals surface area contributed by atoms with Gasteiger partial charge >= 0.3 is 0 Å². The third-order valence-corrected chi connectivity index (χ3v) is 3.94. The molecule has 106 valence electrons. The molecule has 1 aromatic heterocycles. The smallest absolute Gasteiger partial charge is 0.0908 e. The summed E-state index contributed by atoms with van der Waals surface area (Å²) in [7, 11) is 0. The Hall–Kier alpha value is -2.06. The van der Waals surface area contributed by atoms with Gasteiger partial charge in [-0.25, -0.2) is 0 Å². The summed E-state index contributed by atoms with van der Waals surface area (Å²) in [6.45, 7) is 2.95. The highest BCUT2D eigenvalue weighted by Crippen LogP contribution is 2.28. The zero-order chi connectivity index (χ0) is 14.7. The lowest BCUT2D eigenvalue weighted by molar-refractivity contribution is 1.11. The van der Waals surface area contributed by atoms with Crippen LogP contribution in [0.25, 0.3) is 10.9 Å². The van der Waals surface area contributed by atoms with Crippen LogP contribution < -0.4 is 5.32 Å². The van der Waals surface area contributed by atoms with E-state index in [2.05, 4.69) is 41.5 Å². The molecular formula is C18H17ClN2. The van der Waals surface area contributed by atoms with Gasteiger partial charge in [0.15, 0.2) is 0 Å². The summed E-state index contributed by atoms with van der Waals surface area (Å²) in [4.78, 5) is 4.35. The van der Waals surface area contributed by atoms with Crippen LogP contribution in [-0.4, -0.2) is 4.98 Å². The van der Waals surface area contributed by atoms with Crippen molar-refractivity contribution < 1.29 is 0 Å². The maximum absolute atomic E-state index is 6.19. The van der Waals surface area contributed by atoms with E-state index in [1.807, 2.05) is 24.3 Å². The number of pyridine rings is 1. The molecule has 3 aromatic rings. The first kappa shape index (κ1) is 13.9. The van der Waals surface area contributed by atoms with Crippen molar-refractivity contribution in [3.63, 3.8) is 0 Å². The number of benzene rings is 2. The van der Waals surface area contributed by atoms with E-state index < -0.39 is 0 Å². The number of fused-ring (bicyclic) bond motifs is 1. The van der Waals surface area contributed by atoms with Crippen LogP contribution in [0.1, 0.15) is 18.1 Å². The number of nitrogens with one attached hydrogen (secondary N) is 1. The number of halogens is 1. The number of nitrogens with zero attached hydrogens (tertiary/aromatic N) is 1. The van der Waals surface area contributed by atoms with Crippen LogP contribution >= 0.6 is 11.6 Å². The number of aromatic nitrogens is 1. The predicted molar refractivity (Wildman–Crippen MR) is 89.9 cm³/mol. The Bertz CT molecular complexity index is 751. The van der Waals surface area contributed by atoms with Crippen LogP contribution in [0, 0.1) is 0 Å². The fourth-order valence-electron chi connectivity index (χ4n) is 2.38. The topological polar surface area (TPSA) is 24.9 Å². The number of hydrogen-bond donors (Lipinski definition) is 1. The molecule has 0 spiro atoms. The van der Waals surface area contributed by atoms with E-state index in [0.29, 0.717) is 5.02 Å². The number of anilines is 1. The Kier molecular flexibility index (Phi) is 4.07. The molecular weight excluding hydrogens is 280 g/mol. The van der Waals surface area contributed by atoms with Gasteiger partial charge in [0.2, 0.25) is 0 Å². The molecule has 0 saturated carbocycles. The quantitative estimate of drug-likeness (QED) is 0.727. The minimum Gasteiger partial charge on any atom is -0.380 e. The SMILES string of the molecule is CCc1ccc(CNc2ccc(Cl)c3ncccc23)cc1. The maximum Gasteiger partial charge on any atom is 0.0908 e. The molecule has 0 aliphatic carbocycles. The highest BCUT2D eigenvalue weighted by Gasteiger charge is 2.05. The van der Waals surface area contributed by atoms with E-state index in [-0.39, 0.29) is 0 Å². The summed E-state index contributed by atoms with van der Waals surface area (Å²) in [5, 5.41) is 5.20. The Morgan fingerprint density at radius 1 is 1.00 bits per heavy atom. The molecule has 0 radical (unpaired) electrons. The second-order valence-electron chi connectivity index (χ2n) is 5.02. The minimum absolute atomic E-state index is 0.684. The summed E-state index contributed by atoms with van der Waals surface area (Å²) >= 11 is 6.19. The van der Waals surface area contributed by atoms with Crippen molar-refractivity contribution in [2.45, 2.75) is 19.9 Å². The molecule has 0 amide bonds. The number of aryl methyl sites for hydroxylation is 1. The number of rotatable bonds is 4. The molecule has 2 aromatic carbocycles. The van der Waals surface area contributed by atoms with Crippen molar-refractivity contribution in [3.05, 3.63) is 70.9 Å². The van der Waals surface area contributed by atoms with Gasteiger partial charge in [-0.15, -0.1) is 0 Å². The summed E-state index contributed by atoms with van der Waals surface area (Å²) in [6.07, 6.45) is 2.84. The molecule has 0 aliphatic rings. The van der Waals surface area contributed by atoms with Gasteiger partial charge in [-0.3, -0.25) is 4.98 Å². The average molecular weight is 297 g/mol. The van der Waals surface area contributed by atoms with Crippen molar-refractivity contribution in [2.75, 3.05) is 5.32 Å². The average Bonchev–Trinajstić information content (AvgIpc) is 2.55. The van der Waals surface area contributed by atoms with Crippen molar-refractivity contribution in [2.24, 2.45) is 0 Å². The molecule has 0 bridgehead atoms. The Morgan fingerprint density at radius 2 is 1.76 bits per heavy atom. The first-order valence-corrected chi connectivity index (χ1v) is 7.50. The molecule has 21 heavy (non-hydrogen) atoms.